The Labute approximate surface area is 162 Å². The molecule has 28 heavy (non-hydrogen) atoms. The van der Waals surface area contributed by atoms with Crippen molar-refractivity contribution in [1.82, 2.24) is 15.2 Å². The van der Waals surface area contributed by atoms with Crippen LogP contribution >= 0.6 is 0 Å². The number of rotatable bonds is 6. The number of aliphatic imine (C=N–C) groups is 1. The van der Waals surface area contributed by atoms with Crippen molar-refractivity contribution in [1.29, 1.82) is 0 Å². The van der Waals surface area contributed by atoms with Gasteiger partial charge in [-0.25, -0.2) is 4.98 Å². The molecule has 11 nitrogen and oxygen atoms in total. The Morgan fingerprint density at radius 2 is 2.14 bits per heavy atom. The van der Waals surface area contributed by atoms with E-state index in [1.807, 2.05) is 0 Å². The number of pyridine rings is 1. The minimum atomic E-state index is -3.85. The minimum Gasteiger partial charge on any atom is -0.370 e. The van der Waals surface area contributed by atoms with Gasteiger partial charge in [0.1, 0.15) is 0 Å². The Morgan fingerprint density at radius 1 is 1.43 bits per heavy atom. The number of nitrogens with two attached hydrogens (primary N) is 2. The molecule has 1 amide bonds. The van der Waals surface area contributed by atoms with E-state index < -0.39 is 21.6 Å². The van der Waals surface area contributed by atoms with Crippen molar-refractivity contribution < 1.29 is 17.4 Å². The normalized spacial score (nSPS) is 22.7. The molecule has 3 rings (SSSR count). The molecule has 1 saturated carbocycles. The van der Waals surface area contributed by atoms with Gasteiger partial charge in [0, 0.05) is 12.7 Å². The first-order valence-electron chi connectivity index (χ1n) is 8.74. The van der Waals surface area contributed by atoms with E-state index >= 15 is 0 Å². The number of carbonyl (C=O) groups excluding carboxylic acids is 1. The third kappa shape index (κ3) is 4.57. The van der Waals surface area contributed by atoms with Gasteiger partial charge >= 0.3 is 0 Å². The average Bonchev–Trinajstić information content (AvgIpc) is 3.09. The lowest BCUT2D eigenvalue weighted by molar-refractivity contribution is -0.134. The highest BCUT2D eigenvalue weighted by Crippen LogP contribution is 2.37. The van der Waals surface area contributed by atoms with Crippen molar-refractivity contribution in [2.75, 3.05) is 18.1 Å². The summed E-state index contributed by atoms with van der Waals surface area (Å²) in [6.45, 7) is 0.429. The van der Waals surface area contributed by atoms with E-state index in [1.54, 1.807) is 6.07 Å². The zero-order chi connectivity index (χ0) is 20.4. The molecule has 2 aromatic rings. The molecule has 0 saturated heterocycles. The summed E-state index contributed by atoms with van der Waals surface area (Å²) >= 11 is 0. The molecule has 0 unspecified atom stereocenters. The summed E-state index contributed by atoms with van der Waals surface area (Å²) < 4.78 is 29.0. The number of nitrogens with zero attached hydrogens (tertiary/aromatic N) is 3. The molecule has 2 heterocycles. The van der Waals surface area contributed by atoms with Crippen LogP contribution in [0.4, 0.5) is 5.69 Å². The van der Waals surface area contributed by atoms with Crippen LogP contribution in [0.25, 0.3) is 11.0 Å². The van der Waals surface area contributed by atoms with E-state index in [-0.39, 0.29) is 24.7 Å². The van der Waals surface area contributed by atoms with Crippen molar-refractivity contribution in [2.24, 2.45) is 22.4 Å². The summed E-state index contributed by atoms with van der Waals surface area (Å²) in [5.74, 6) is -0.372. The highest BCUT2D eigenvalue weighted by Gasteiger charge is 2.46. The van der Waals surface area contributed by atoms with Gasteiger partial charge in [0.15, 0.2) is 17.2 Å². The van der Waals surface area contributed by atoms with Crippen molar-refractivity contribution in [2.45, 2.75) is 31.3 Å². The van der Waals surface area contributed by atoms with E-state index in [4.69, 9.17) is 15.7 Å². The Bertz CT molecular complexity index is 989. The summed E-state index contributed by atoms with van der Waals surface area (Å²) in [5.41, 5.74) is 10.2. The largest absolute Gasteiger partial charge is 0.370 e. The van der Waals surface area contributed by atoms with E-state index in [0.29, 0.717) is 36.1 Å². The molecular weight excluding hydrogens is 386 g/mol. The van der Waals surface area contributed by atoms with Crippen LogP contribution in [0, 0.1) is 5.92 Å². The van der Waals surface area contributed by atoms with Crippen LogP contribution in [-0.4, -0.2) is 53.9 Å². The van der Waals surface area contributed by atoms with Crippen LogP contribution in [0.1, 0.15) is 25.7 Å². The first kappa shape index (κ1) is 20.0. The lowest BCUT2D eigenvalue weighted by Crippen LogP contribution is -2.49. The van der Waals surface area contributed by atoms with Crippen LogP contribution in [0.2, 0.25) is 0 Å². The number of aromatic amines is 1. The molecule has 12 heteroatoms. The van der Waals surface area contributed by atoms with Gasteiger partial charge in [-0.2, -0.15) is 13.5 Å². The second-order valence-electron chi connectivity index (χ2n) is 6.94. The van der Waals surface area contributed by atoms with Crippen molar-refractivity contribution >= 4 is 38.7 Å². The lowest BCUT2D eigenvalue weighted by Gasteiger charge is -2.37. The number of hydrogen-bond acceptors (Lipinski definition) is 7. The topological polar surface area (TPSA) is 178 Å². The highest BCUT2D eigenvalue weighted by molar-refractivity contribution is 7.86. The molecule has 2 aromatic heterocycles. The number of anilines is 1. The summed E-state index contributed by atoms with van der Waals surface area (Å²) in [6, 6.07) is 1.62. The Kier molecular flexibility index (Phi) is 5.52. The molecule has 1 aliphatic rings. The van der Waals surface area contributed by atoms with Gasteiger partial charge in [0.05, 0.1) is 23.5 Å². The Balaban J connectivity index is 1.81. The molecule has 6 N–H and O–H groups in total. The molecule has 0 atom stereocenters. The average molecular weight is 409 g/mol. The van der Waals surface area contributed by atoms with Crippen molar-refractivity contribution in [3.63, 3.8) is 0 Å². The summed E-state index contributed by atoms with van der Waals surface area (Å²) in [4.78, 5) is 21.2. The number of amides is 1. The van der Waals surface area contributed by atoms with E-state index in [0.717, 1.165) is 6.26 Å². The SMILES string of the molecule is CS(=O)(=O)OC1(C(=O)Nc2ccnc3[nH]ncc23)CCC(CN=C(N)N)CC1. The van der Waals surface area contributed by atoms with E-state index in [2.05, 4.69) is 25.5 Å². The van der Waals surface area contributed by atoms with Gasteiger partial charge in [-0.15, -0.1) is 0 Å². The standard InChI is InChI=1S/C16H23N7O4S/c1-28(25,26)27-16(5-2-10(3-6-16)8-20-15(17)18)14(24)22-12-4-7-19-13-11(12)9-21-23-13/h4,7,9-10H,2-3,5-6,8H2,1H3,(H4,17,18,20)(H2,19,21,22,23,24). The fourth-order valence-corrected chi connectivity index (χ4v) is 4.22. The number of carbonyl (C=O) groups is 1. The number of aromatic nitrogens is 3. The quantitative estimate of drug-likeness (QED) is 0.294. The van der Waals surface area contributed by atoms with Crippen LogP contribution in [0.3, 0.4) is 0 Å². The van der Waals surface area contributed by atoms with Gasteiger partial charge in [-0.1, -0.05) is 0 Å². The van der Waals surface area contributed by atoms with Crippen molar-refractivity contribution in [3.8, 4) is 0 Å². The summed E-state index contributed by atoms with van der Waals surface area (Å²) in [5, 5.41) is 10.0. The zero-order valence-electron chi connectivity index (χ0n) is 15.4. The maximum Gasteiger partial charge on any atom is 0.265 e. The Morgan fingerprint density at radius 3 is 2.79 bits per heavy atom. The fraction of sp³-hybridized carbons (Fsp3) is 0.500. The number of fused-ring (bicyclic) bond motifs is 1. The second-order valence-corrected chi connectivity index (χ2v) is 8.51. The molecule has 0 spiro atoms. The molecule has 0 aliphatic heterocycles. The third-order valence-electron chi connectivity index (χ3n) is 4.77. The van der Waals surface area contributed by atoms with E-state index in [1.165, 1.54) is 12.4 Å². The molecule has 1 fully saturated rings. The summed E-state index contributed by atoms with van der Waals surface area (Å²) in [6.07, 6.45) is 5.56. The highest BCUT2D eigenvalue weighted by atomic mass is 32.2. The van der Waals surface area contributed by atoms with Crippen LogP contribution < -0.4 is 16.8 Å². The third-order valence-corrected chi connectivity index (χ3v) is 5.39. The smallest absolute Gasteiger partial charge is 0.265 e. The number of hydrogen-bond donors (Lipinski definition) is 4. The maximum atomic E-state index is 13.1. The maximum absolute atomic E-state index is 13.1. The molecule has 152 valence electrons. The minimum absolute atomic E-state index is 0.00350. The first-order valence-corrected chi connectivity index (χ1v) is 10.6. The van der Waals surface area contributed by atoms with Gasteiger partial charge in [-0.3, -0.25) is 19.1 Å². The van der Waals surface area contributed by atoms with Crippen LogP contribution in [-0.2, 0) is 19.1 Å². The zero-order valence-corrected chi connectivity index (χ0v) is 16.2. The molecule has 1 aliphatic carbocycles. The van der Waals surface area contributed by atoms with Gasteiger partial charge in [0.25, 0.3) is 16.0 Å². The molecular formula is C16H23N7O4S. The summed E-state index contributed by atoms with van der Waals surface area (Å²) in [7, 11) is -3.85. The molecule has 0 bridgehead atoms. The second kappa shape index (κ2) is 7.72. The predicted molar refractivity (Wildman–Crippen MR) is 104 cm³/mol. The fourth-order valence-electron chi connectivity index (χ4n) is 3.40. The van der Waals surface area contributed by atoms with Gasteiger partial charge in [-0.05, 0) is 37.7 Å². The molecule has 0 radical (unpaired) electrons. The predicted octanol–water partition coefficient (Wildman–Crippen LogP) is 0.0750. The van der Waals surface area contributed by atoms with Crippen LogP contribution in [0.5, 0.6) is 0 Å². The number of guanidine groups is 1. The molecule has 0 aromatic carbocycles. The van der Waals surface area contributed by atoms with Gasteiger partial charge < -0.3 is 16.8 Å². The number of nitrogens with one attached hydrogen (secondary N) is 2. The first-order chi connectivity index (χ1) is 13.2. The van der Waals surface area contributed by atoms with E-state index in [9.17, 15) is 13.2 Å². The van der Waals surface area contributed by atoms with Crippen molar-refractivity contribution in [3.05, 3.63) is 18.5 Å². The lowest BCUT2D eigenvalue weighted by atomic mass is 9.78. The number of H-pyrrole nitrogens is 1. The van der Waals surface area contributed by atoms with Crippen LogP contribution in [0.15, 0.2) is 23.5 Å². The monoisotopic (exact) mass is 409 g/mol. The van der Waals surface area contributed by atoms with Gasteiger partial charge in [0.2, 0.25) is 0 Å². The Hall–Kier alpha value is -2.73.